The molecule has 1 aromatic heterocycles. The van der Waals surface area contributed by atoms with Gasteiger partial charge in [0.05, 0.1) is 13.7 Å². The zero-order valence-corrected chi connectivity index (χ0v) is 10.8. The Morgan fingerprint density at radius 2 is 2.44 bits per heavy atom. The second-order valence-electron chi connectivity index (χ2n) is 4.31. The van der Waals surface area contributed by atoms with Crippen LogP contribution in [0.1, 0.15) is 12.7 Å². The summed E-state index contributed by atoms with van der Waals surface area (Å²) in [5.74, 6) is 0.727. The first-order valence-corrected chi connectivity index (χ1v) is 6.14. The Kier molecular flexibility index (Phi) is 4.27. The van der Waals surface area contributed by atoms with E-state index < -0.39 is 0 Å². The molecule has 1 unspecified atom stereocenters. The van der Waals surface area contributed by atoms with Crippen LogP contribution in [0.4, 0.5) is 0 Å². The van der Waals surface area contributed by atoms with Crippen LogP contribution in [-0.2, 0) is 22.6 Å². The van der Waals surface area contributed by atoms with Crippen LogP contribution in [-0.4, -0.2) is 58.4 Å². The number of likely N-dealkylation sites (N-methyl/N-ethyl adjacent to an activating group) is 1. The summed E-state index contributed by atoms with van der Waals surface area (Å²) in [6, 6.07) is -0.283. The third kappa shape index (κ3) is 2.85. The number of fused-ring (bicyclic) bond motifs is 1. The van der Waals surface area contributed by atoms with Crippen LogP contribution in [0.3, 0.4) is 0 Å². The molecule has 0 bridgehead atoms. The Hall–Kier alpha value is -1.47. The van der Waals surface area contributed by atoms with E-state index in [4.69, 9.17) is 4.74 Å². The molecule has 0 saturated carbocycles. The van der Waals surface area contributed by atoms with Crippen LogP contribution in [0.25, 0.3) is 0 Å². The molecular weight excluding hydrogens is 234 g/mol. The smallest absolute Gasteiger partial charge is 0.324 e. The van der Waals surface area contributed by atoms with Crippen LogP contribution in [0.5, 0.6) is 0 Å². The molecule has 1 aliphatic rings. The highest BCUT2D eigenvalue weighted by Gasteiger charge is 2.24. The van der Waals surface area contributed by atoms with Crippen LogP contribution in [0.15, 0.2) is 6.33 Å². The van der Waals surface area contributed by atoms with Gasteiger partial charge in [-0.25, -0.2) is 0 Å². The lowest BCUT2D eigenvalue weighted by Gasteiger charge is -2.29. The maximum absolute atomic E-state index is 11.6. The first-order chi connectivity index (χ1) is 8.74. The SMILES string of the molecule is CCNC(CN1CCn2cnnc2C1)C(=O)OC. The highest BCUT2D eigenvalue weighted by Crippen LogP contribution is 2.09. The monoisotopic (exact) mass is 253 g/mol. The molecule has 0 amide bonds. The second kappa shape index (κ2) is 5.92. The van der Waals surface area contributed by atoms with Gasteiger partial charge in [-0.2, -0.15) is 0 Å². The molecule has 7 nitrogen and oxygen atoms in total. The Bertz CT molecular complexity index is 406. The standard InChI is InChI=1S/C11H19N5O2/c1-3-12-9(11(17)18-2)6-15-4-5-16-8-13-14-10(16)7-15/h8-9,12H,3-7H2,1-2H3. The predicted molar refractivity (Wildman–Crippen MR) is 64.8 cm³/mol. The third-order valence-corrected chi connectivity index (χ3v) is 3.09. The van der Waals surface area contributed by atoms with Crippen molar-refractivity contribution in [1.82, 2.24) is 25.0 Å². The summed E-state index contributed by atoms with van der Waals surface area (Å²) in [4.78, 5) is 13.8. The van der Waals surface area contributed by atoms with Crippen molar-refractivity contribution in [3.05, 3.63) is 12.2 Å². The van der Waals surface area contributed by atoms with Crippen LogP contribution in [0.2, 0.25) is 0 Å². The summed E-state index contributed by atoms with van der Waals surface area (Å²) in [5, 5.41) is 11.1. The number of methoxy groups -OCH3 is 1. The van der Waals surface area contributed by atoms with Gasteiger partial charge in [0.2, 0.25) is 0 Å². The van der Waals surface area contributed by atoms with E-state index in [0.717, 1.165) is 32.0 Å². The van der Waals surface area contributed by atoms with Gasteiger partial charge in [-0.3, -0.25) is 9.69 Å². The van der Waals surface area contributed by atoms with Gasteiger partial charge in [0.15, 0.2) is 0 Å². The zero-order chi connectivity index (χ0) is 13.0. The molecule has 0 fully saturated rings. The van der Waals surface area contributed by atoms with E-state index in [-0.39, 0.29) is 12.0 Å². The number of esters is 1. The number of carbonyl (C=O) groups excluding carboxylic acids is 1. The highest BCUT2D eigenvalue weighted by molar-refractivity contribution is 5.75. The first kappa shape index (κ1) is 13.0. The van der Waals surface area contributed by atoms with Crippen molar-refractivity contribution in [3.63, 3.8) is 0 Å². The predicted octanol–water partition coefficient (Wildman–Crippen LogP) is -0.755. The van der Waals surface area contributed by atoms with Crippen molar-refractivity contribution >= 4 is 5.97 Å². The number of hydrogen-bond donors (Lipinski definition) is 1. The minimum Gasteiger partial charge on any atom is -0.468 e. The van der Waals surface area contributed by atoms with Gasteiger partial charge in [0.1, 0.15) is 18.2 Å². The molecule has 1 atom stereocenters. The molecule has 2 heterocycles. The number of nitrogens with zero attached hydrogens (tertiary/aromatic N) is 4. The summed E-state index contributed by atoms with van der Waals surface area (Å²) >= 11 is 0. The van der Waals surface area contributed by atoms with E-state index in [2.05, 4.69) is 20.4 Å². The molecule has 0 saturated heterocycles. The maximum atomic E-state index is 11.6. The van der Waals surface area contributed by atoms with Gasteiger partial charge in [0.25, 0.3) is 0 Å². The normalized spacial score (nSPS) is 17.2. The number of rotatable bonds is 5. The fourth-order valence-electron chi connectivity index (χ4n) is 2.14. The van der Waals surface area contributed by atoms with E-state index in [1.807, 2.05) is 11.5 Å². The summed E-state index contributed by atoms with van der Waals surface area (Å²) in [6.45, 7) is 5.82. The lowest BCUT2D eigenvalue weighted by molar-refractivity contribution is -0.143. The second-order valence-corrected chi connectivity index (χ2v) is 4.31. The molecule has 0 radical (unpaired) electrons. The summed E-state index contributed by atoms with van der Waals surface area (Å²) in [6.07, 6.45) is 1.74. The van der Waals surface area contributed by atoms with E-state index >= 15 is 0 Å². The van der Waals surface area contributed by atoms with Gasteiger partial charge in [-0.15, -0.1) is 10.2 Å². The summed E-state index contributed by atoms with van der Waals surface area (Å²) in [5.41, 5.74) is 0. The maximum Gasteiger partial charge on any atom is 0.324 e. The van der Waals surface area contributed by atoms with Crippen LogP contribution in [0, 0.1) is 0 Å². The Morgan fingerprint density at radius 1 is 1.61 bits per heavy atom. The highest BCUT2D eigenvalue weighted by atomic mass is 16.5. The number of nitrogens with one attached hydrogen (secondary N) is 1. The lowest BCUT2D eigenvalue weighted by Crippen LogP contribution is -2.48. The Labute approximate surface area is 106 Å². The summed E-state index contributed by atoms with van der Waals surface area (Å²) < 4.78 is 6.84. The molecule has 2 rings (SSSR count). The van der Waals surface area contributed by atoms with Gasteiger partial charge in [-0.05, 0) is 6.54 Å². The topological polar surface area (TPSA) is 72.3 Å². The molecule has 0 aromatic carbocycles. The summed E-state index contributed by atoms with van der Waals surface area (Å²) in [7, 11) is 1.42. The average Bonchev–Trinajstić information content (AvgIpc) is 2.84. The fraction of sp³-hybridized carbons (Fsp3) is 0.727. The van der Waals surface area contributed by atoms with Crippen molar-refractivity contribution in [1.29, 1.82) is 0 Å². The van der Waals surface area contributed by atoms with E-state index in [0.29, 0.717) is 6.54 Å². The van der Waals surface area contributed by atoms with E-state index in [1.165, 1.54) is 7.11 Å². The molecule has 1 aromatic rings. The Morgan fingerprint density at radius 3 is 3.17 bits per heavy atom. The quantitative estimate of drug-likeness (QED) is 0.696. The minimum atomic E-state index is -0.283. The molecule has 100 valence electrons. The van der Waals surface area contributed by atoms with Gasteiger partial charge < -0.3 is 14.6 Å². The van der Waals surface area contributed by atoms with Gasteiger partial charge >= 0.3 is 5.97 Å². The number of aromatic nitrogens is 3. The number of ether oxygens (including phenoxy) is 1. The van der Waals surface area contributed by atoms with Crippen molar-refractivity contribution in [2.24, 2.45) is 0 Å². The Balaban J connectivity index is 1.94. The van der Waals surface area contributed by atoms with Crippen molar-refractivity contribution in [3.8, 4) is 0 Å². The molecule has 18 heavy (non-hydrogen) atoms. The number of carbonyl (C=O) groups is 1. The molecule has 0 aliphatic carbocycles. The molecular formula is C11H19N5O2. The molecule has 1 N–H and O–H groups in total. The van der Waals surface area contributed by atoms with Crippen molar-refractivity contribution in [2.45, 2.75) is 26.1 Å². The van der Waals surface area contributed by atoms with Gasteiger partial charge in [0, 0.05) is 19.6 Å². The van der Waals surface area contributed by atoms with Crippen molar-refractivity contribution < 1.29 is 9.53 Å². The number of hydrogen-bond acceptors (Lipinski definition) is 6. The molecule has 0 spiro atoms. The largest absolute Gasteiger partial charge is 0.468 e. The van der Waals surface area contributed by atoms with E-state index in [1.54, 1.807) is 6.33 Å². The average molecular weight is 253 g/mol. The fourth-order valence-corrected chi connectivity index (χ4v) is 2.14. The lowest BCUT2D eigenvalue weighted by atomic mass is 10.2. The van der Waals surface area contributed by atoms with E-state index in [9.17, 15) is 4.79 Å². The van der Waals surface area contributed by atoms with Crippen LogP contribution < -0.4 is 5.32 Å². The molecule has 1 aliphatic heterocycles. The van der Waals surface area contributed by atoms with Gasteiger partial charge in [-0.1, -0.05) is 6.92 Å². The van der Waals surface area contributed by atoms with Crippen molar-refractivity contribution in [2.75, 3.05) is 26.7 Å². The zero-order valence-electron chi connectivity index (χ0n) is 10.8. The van der Waals surface area contributed by atoms with Crippen LogP contribution >= 0.6 is 0 Å². The third-order valence-electron chi connectivity index (χ3n) is 3.09. The molecule has 7 heteroatoms. The minimum absolute atomic E-state index is 0.219. The first-order valence-electron chi connectivity index (χ1n) is 6.14.